The molecule has 0 spiro atoms. The summed E-state index contributed by atoms with van der Waals surface area (Å²) in [6, 6.07) is 0.951. The normalized spacial score (nSPS) is 23.3. The molecule has 1 aliphatic rings. The quantitative estimate of drug-likeness (QED) is 0.698. The lowest BCUT2D eigenvalue weighted by atomic mass is 10.2. The maximum Gasteiger partial charge on any atom is 0.234 e. The minimum Gasteiger partial charge on any atom is -0.353 e. The molecule has 94 valence electrons. The van der Waals surface area contributed by atoms with Crippen LogP contribution in [0.15, 0.2) is 0 Å². The molecule has 0 aromatic heterocycles. The topological polar surface area (TPSA) is 44.4 Å². The Kier molecular flexibility index (Phi) is 5.77. The number of likely N-dealkylation sites (N-methyl/N-ethyl adjacent to an activating group) is 1. The standard InChI is InChI=1S/C12H25N3O/c1-4-10(2)13-9-12(16)14-8-11-6-5-7-15(11)3/h10-11,13H,4-9H2,1-3H3,(H,14,16). The summed E-state index contributed by atoms with van der Waals surface area (Å²) in [5.74, 6) is 0.112. The fourth-order valence-electron chi connectivity index (χ4n) is 1.94. The van der Waals surface area contributed by atoms with Crippen LogP contribution in [0.2, 0.25) is 0 Å². The predicted molar refractivity (Wildman–Crippen MR) is 66.4 cm³/mol. The molecule has 1 amide bonds. The molecule has 0 aliphatic carbocycles. The second kappa shape index (κ2) is 6.86. The first kappa shape index (κ1) is 13.5. The van der Waals surface area contributed by atoms with E-state index >= 15 is 0 Å². The molecule has 1 aliphatic heterocycles. The van der Waals surface area contributed by atoms with Crippen LogP contribution in [-0.4, -0.2) is 49.6 Å². The van der Waals surface area contributed by atoms with Gasteiger partial charge in [-0.15, -0.1) is 0 Å². The average Bonchev–Trinajstić information content (AvgIpc) is 2.69. The van der Waals surface area contributed by atoms with E-state index < -0.39 is 0 Å². The number of rotatable bonds is 6. The van der Waals surface area contributed by atoms with Crippen molar-refractivity contribution in [2.45, 2.75) is 45.2 Å². The molecule has 2 atom stereocenters. The summed E-state index contributed by atoms with van der Waals surface area (Å²) in [4.78, 5) is 13.9. The fraction of sp³-hybridized carbons (Fsp3) is 0.917. The van der Waals surface area contributed by atoms with Crippen LogP contribution in [0.4, 0.5) is 0 Å². The summed E-state index contributed by atoms with van der Waals surface area (Å²) < 4.78 is 0. The maximum atomic E-state index is 11.5. The predicted octanol–water partition coefficient (Wildman–Crippen LogP) is 0.585. The van der Waals surface area contributed by atoms with Gasteiger partial charge in [-0.3, -0.25) is 4.79 Å². The monoisotopic (exact) mass is 227 g/mol. The Labute approximate surface area is 98.8 Å². The molecule has 2 N–H and O–H groups in total. The van der Waals surface area contributed by atoms with Crippen LogP contribution in [0.3, 0.4) is 0 Å². The van der Waals surface area contributed by atoms with E-state index in [-0.39, 0.29) is 5.91 Å². The summed E-state index contributed by atoms with van der Waals surface area (Å²) in [6.07, 6.45) is 3.51. The average molecular weight is 227 g/mol. The lowest BCUT2D eigenvalue weighted by molar-refractivity contribution is -0.120. The lowest BCUT2D eigenvalue weighted by Gasteiger charge is -2.20. The highest BCUT2D eigenvalue weighted by Gasteiger charge is 2.20. The van der Waals surface area contributed by atoms with E-state index in [1.165, 1.54) is 12.8 Å². The number of amides is 1. The van der Waals surface area contributed by atoms with Crippen molar-refractivity contribution < 1.29 is 4.79 Å². The first-order chi connectivity index (χ1) is 7.63. The molecule has 16 heavy (non-hydrogen) atoms. The third-order valence-electron chi connectivity index (χ3n) is 3.43. The van der Waals surface area contributed by atoms with Gasteiger partial charge in [0.15, 0.2) is 0 Å². The zero-order valence-electron chi connectivity index (χ0n) is 10.8. The Morgan fingerprint density at radius 3 is 2.88 bits per heavy atom. The third-order valence-corrected chi connectivity index (χ3v) is 3.43. The lowest BCUT2D eigenvalue weighted by Crippen LogP contribution is -2.43. The van der Waals surface area contributed by atoms with E-state index in [9.17, 15) is 4.79 Å². The molecule has 0 radical (unpaired) electrons. The summed E-state index contributed by atoms with van der Waals surface area (Å²) in [6.45, 7) is 6.59. The Bertz CT molecular complexity index is 220. The second-order valence-electron chi connectivity index (χ2n) is 4.77. The fourth-order valence-corrected chi connectivity index (χ4v) is 1.94. The van der Waals surface area contributed by atoms with E-state index in [0.717, 1.165) is 19.5 Å². The van der Waals surface area contributed by atoms with E-state index in [4.69, 9.17) is 0 Å². The van der Waals surface area contributed by atoms with Gasteiger partial charge in [0, 0.05) is 18.6 Å². The van der Waals surface area contributed by atoms with E-state index in [1.807, 2.05) is 0 Å². The first-order valence-electron chi connectivity index (χ1n) is 6.33. The second-order valence-corrected chi connectivity index (χ2v) is 4.77. The van der Waals surface area contributed by atoms with Crippen molar-refractivity contribution in [3.8, 4) is 0 Å². The summed E-state index contributed by atoms with van der Waals surface area (Å²) >= 11 is 0. The maximum absolute atomic E-state index is 11.5. The van der Waals surface area contributed by atoms with Gasteiger partial charge in [-0.1, -0.05) is 6.92 Å². The Balaban J connectivity index is 2.10. The molecule has 1 saturated heterocycles. The number of hydrogen-bond acceptors (Lipinski definition) is 3. The molecule has 2 unspecified atom stereocenters. The van der Waals surface area contributed by atoms with E-state index in [2.05, 4.69) is 36.4 Å². The molecule has 4 nitrogen and oxygen atoms in total. The Morgan fingerprint density at radius 1 is 1.56 bits per heavy atom. The summed E-state index contributed by atoms with van der Waals surface area (Å²) in [5.41, 5.74) is 0. The highest BCUT2D eigenvalue weighted by molar-refractivity contribution is 5.78. The van der Waals surface area contributed by atoms with Crippen molar-refractivity contribution in [1.29, 1.82) is 0 Å². The summed E-state index contributed by atoms with van der Waals surface area (Å²) in [5, 5.41) is 6.18. The van der Waals surface area contributed by atoms with Crippen molar-refractivity contribution >= 4 is 5.91 Å². The van der Waals surface area contributed by atoms with Crippen LogP contribution < -0.4 is 10.6 Å². The molecule has 1 fully saturated rings. The Morgan fingerprint density at radius 2 is 2.31 bits per heavy atom. The number of carbonyl (C=O) groups is 1. The van der Waals surface area contributed by atoms with Gasteiger partial charge in [0.2, 0.25) is 5.91 Å². The van der Waals surface area contributed by atoms with Gasteiger partial charge < -0.3 is 15.5 Å². The molecule has 0 aromatic carbocycles. The van der Waals surface area contributed by atoms with Crippen LogP contribution in [0.5, 0.6) is 0 Å². The number of nitrogens with zero attached hydrogens (tertiary/aromatic N) is 1. The number of nitrogens with one attached hydrogen (secondary N) is 2. The van der Waals surface area contributed by atoms with Gasteiger partial charge in [-0.25, -0.2) is 0 Å². The van der Waals surface area contributed by atoms with Crippen LogP contribution in [0.25, 0.3) is 0 Å². The zero-order chi connectivity index (χ0) is 12.0. The highest BCUT2D eigenvalue weighted by Crippen LogP contribution is 2.13. The molecule has 0 bridgehead atoms. The highest BCUT2D eigenvalue weighted by atomic mass is 16.1. The van der Waals surface area contributed by atoms with Crippen LogP contribution in [0.1, 0.15) is 33.1 Å². The number of hydrogen-bond donors (Lipinski definition) is 2. The van der Waals surface area contributed by atoms with Crippen molar-refractivity contribution in [3.63, 3.8) is 0 Å². The van der Waals surface area contributed by atoms with Gasteiger partial charge in [0.25, 0.3) is 0 Å². The smallest absolute Gasteiger partial charge is 0.234 e. The van der Waals surface area contributed by atoms with Gasteiger partial charge in [0.1, 0.15) is 0 Å². The Hall–Kier alpha value is -0.610. The summed E-state index contributed by atoms with van der Waals surface area (Å²) in [7, 11) is 2.13. The van der Waals surface area contributed by atoms with E-state index in [0.29, 0.717) is 18.6 Å². The minimum absolute atomic E-state index is 0.112. The van der Waals surface area contributed by atoms with E-state index in [1.54, 1.807) is 0 Å². The molecule has 1 rings (SSSR count). The van der Waals surface area contributed by atoms with Gasteiger partial charge in [0.05, 0.1) is 6.54 Å². The van der Waals surface area contributed by atoms with Crippen molar-refractivity contribution in [3.05, 3.63) is 0 Å². The SMILES string of the molecule is CCC(C)NCC(=O)NCC1CCCN1C. The minimum atomic E-state index is 0.112. The zero-order valence-corrected chi connectivity index (χ0v) is 10.8. The number of carbonyl (C=O) groups excluding carboxylic acids is 1. The molecule has 4 heteroatoms. The van der Waals surface area contributed by atoms with Crippen molar-refractivity contribution in [2.75, 3.05) is 26.7 Å². The number of likely N-dealkylation sites (tertiary alicyclic amines) is 1. The van der Waals surface area contributed by atoms with Crippen molar-refractivity contribution in [1.82, 2.24) is 15.5 Å². The van der Waals surface area contributed by atoms with Crippen LogP contribution in [-0.2, 0) is 4.79 Å². The van der Waals surface area contributed by atoms with Gasteiger partial charge >= 0.3 is 0 Å². The van der Waals surface area contributed by atoms with Gasteiger partial charge in [-0.05, 0) is 39.8 Å². The molecule has 0 saturated carbocycles. The van der Waals surface area contributed by atoms with Crippen LogP contribution in [0, 0.1) is 0 Å². The molecule has 1 heterocycles. The largest absolute Gasteiger partial charge is 0.353 e. The van der Waals surface area contributed by atoms with Gasteiger partial charge in [-0.2, -0.15) is 0 Å². The third kappa shape index (κ3) is 4.49. The van der Waals surface area contributed by atoms with Crippen LogP contribution >= 0.6 is 0 Å². The molecular formula is C12H25N3O. The first-order valence-corrected chi connectivity index (χ1v) is 6.33. The molecular weight excluding hydrogens is 202 g/mol. The molecule has 0 aromatic rings. The van der Waals surface area contributed by atoms with Crippen molar-refractivity contribution in [2.24, 2.45) is 0 Å².